The molecule has 2 aliphatic rings. The standard InChI is InChI=1S/C15H18FNO2/c1-17-11-6-7-12(17)14(13(18)8-11)15(19)9-2-4-10(16)5-3-9/h2-5,11-12,14-15,19H,6-8H2,1H3/t11-,12+,14+,15+/m0/s1. The van der Waals surface area contributed by atoms with Crippen LogP contribution >= 0.6 is 0 Å². The van der Waals surface area contributed by atoms with Crippen molar-refractivity contribution < 1.29 is 14.3 Å². The Hall–Kier alpha value is -1.26. The van der Waals surface area contributed by atoms with Gasteiger partial charge in [0, 0.05) is 18.5 Å². The molecule has 0 spiro atoms. The Morgan fingerprint density at radius 2 is 2.00 bits per heavy atom. The van der Waals surface area contributed by atoms with Crippen LogP contribution in [-0.2, 0) is 4.79 Å². The molecule has 3 rings (SSSR count). The smallest absolute Gasteiger partial charge is 0.142 e. The van der Waals surface area contributed by atoms with Crippen molar-refractivity contribution in [2.24, 2.45) is 5.92 Å². The van der Waals surface area contributed by atoms with E-state index in [1.807, 2.05) is 7.05 Å². The Labute approximate surface area is 112 Å². The third kappa shape index (κ3) is 2.09. The molecule has 4 heteroatoms. The van der Waals surface area contributed by atoms with E-state index in [1.54, 1.807) is 12.1 Å². The lowest BCUT2D eigenvalue weighted by molar-refractivity contribution is -0.134. The highest BCUT2D eigenvalue weighted by molar-refractivity contribution is 5.84. The molecule has 0 saturated carbocycles. The summed E-state index contributed by atoms with van der Waals surface area (Å²) in [6, 6.07) is 6.24. The minimum atomic E-state index is -0.834. The fourth-order valence-electron chi connectivity index (χ4n) is 3.56. The fourth-order valence-corrected chi connectivity index (χ4v) is 3.56. The number of fused-ring (bicyclic) bond motifs is 2. The molecule has 0 amide bonds. The maximum absolute atomic E-state index is 12.9. The van der Waals surface area contributed by atoms with Crippen molar-refractivity contribution in [3.05, 3.63) is 35.6 Å². The number of aliphatic hydroxyl groups is 1. The number of carbonyl (C=O) groups excluding carboxylic acids is 1. The molecule has 0 aromatic heterocycles. The second kappa shape index (κ2) is 4.69. The van der Waals surface area contributed by atoms with E-state index in [1.165, 1.54) is 12.1 Å². The maximum Gasteiger partial charge on any atom is 0.142 e. The monoisotopic (exact) mass is 263 g/mol. The molecule has 4 atom stereocenters. The third-order valence-electron chi connectivity index (χ3n) is 4.67. The molecule has 102 valence electrons. The molecule has 2 fully saturated rings. The van der Waals surface area contributed by atoms with E-state index >= 15 is 0 Å². The molecule has 1 N–H and O–H groups in total. The fraction of sp³-hybridized carbons (Fsp3) is 0.533. The van der Waals surface area contributed by atoms with Gasteiger partial charge in [0.2, 0.25) is 0 Å². The first-order valence-corrected chi connectivity index (χ1v) is 6.76. The zero-order valence-electron chi connectivity index (χ0n) is 10.9. The highest BCUT2D eigenvalue weighted by Crippen LogP contribution is 2.41. The lowest BCUT2D eigenvalue weighted by atomic mass is 9.82. The molecule has 2 aliphatic heterocycles. The van der Waals surface area contributed by atoms with Gasteiger partial charge in [0.1, 0.15) is 11.6 Å². The van der Waals surface area contributed by atoms with Crippen LogP contribution in [0.1, 0.15) is 30.9 Å². The van der Waals surface area contributed by atoms with Gasteiger partial charge in [-0.3, -0.25) is 9.69 Å². The van der Waals surface area contributed by atoms with Gasteiger partial charge < -0.3 is 5.11 Å². The first-order valence-electron chi connectivity index (χ1n) is 6.76. The van der Waals surface area contributed by atoms with Gasteiger partial charge in [-0.2, -0.15) is 0 Å². The van der Waals surface area contributed by atoms with Crippen LogP contribution in [0.3, 0.4) is 0 Å². The topological polar surface area (TPSA) is 40.5 Å². The van der Waals surface area contributed by atoms with Crippen LogP contribution in [0.4, 0.5) is 4.39 Å². The third-order valence-corrected chi connectivity index (χ3v) is 4.67. The quantitative estimate of drug-likeness (QED) is 0.886. The minimum absolute atomic E-state index is 0.117. The van der Waals surface area contributed by atoms with Crippen molar-refractivity contribution in [2.75, 3.05) is 7.05 Å². The second-order valence-corrected chi connectivity index (χ2v) is 5.66. The number of halogens is 1. The summed E-state index contributed by atoms with van der Waals surface area (Å²) in [5, 5.41) is 10.5. The number of Topliss-reactive ketones (excluding diaryl/α,β-unsaturated/α-hetero) is 1. The molecule has 2 heterocycles. The van der Waals surface area contributed by atoms with E-state index in [0.29, 0.717) is 18.0 Å². The zero-order valence-corrected chi connectivity index (χ0v) is 10.9. The first kappa shape index (κ1) is 12.8. The minimum Gasteiger partial charge on any atom is -0.388 e. The van der Waals surface area contributed by atoms with E-state index in [9.17, 15) is 14.3 Å². The van der Waals surface area contributed by atoms with Crippen molar-refractivity contribution in [3.8, 4) is 0 Å². The molecule has 19 heavy (non-hydrogen) atoms. The maximum atomic E-state index is 12.9. The molecule has 2 saturated heterocycles. The van der Waals surface area contributed by atoms with Crippen molar-refractivity contribution in [3.63, 3.8) is 0 Å². The summed E-state index contributed by atoms with van der Waals surface area (Å²) in [6.45, 7) is 0. The van der Waals surface area contributed by atoms with E-state index < -0.39 is 6.10 Å². The number of carbonyl (C=O) groups is 1. The second-order valence-electron chi connectivity index (χ2n) is 5.66. The van der Waals surface area contributed by atoms with Gasteiger partial charge in [-0.05, 0) is 37.6 Å². The van der Waals surface area contributed by atoms with Gasteiger partial charge >= 0.3 is 0 Å². The first-order chi connectivity index (χ1) is 9.08. The van der Waals surface area contributed by atoms with E-state index in [2.05, 4.69) is 4.90 Å². The Kier molecular flexibility index (Phi) is 3.15. The number of hydrogen-bond donors (Lipinski definition) is 1. The molecular weight excluding hydrogens is 245 g/mol. The zero-order chi connectivity index (χ0) is 13.6. The summed E-state index contributed by atoms with van der Waals surface area (Å²) >= 11 is 0. The number of piperidine rings is 1. The summed E-state index contributed by atoms with van der Waals surface area (Å²) < 4.78 is 12.9. The van der Waals surface area contributed by atoms with Crippen LogP contribution in [0.5, 0.6) is 0 Å². The molecule has 1 aromatic rings. The molecule has 0 unspecified atom stereocenters. The number of hydrogen-bond acceptors (Lipinski definition) is 3. The Morgan fingerprint density at radius 1 is 1.32 bits per heavy atom. The Balaban J connectivity index is 1.87. The molecule has 2 bridgehead atoms. The Morgan fingerprint density at radius 3 is 2.68 bits per heavy atom. The summed E-state index contributed by atoms with van der Waals surface area (Å²) in [5.74, 6) is -0.569. The van der Waals surface area contributed by atoms with Crippen LogP contribution in [-0.4, -0.2) is 34.9 Å². The molecule has 3 nitrogen and oxygen atoms in total. The lowest BCUT2D eigenvalue weighted by Crippen LogP contribution is -2.49. The van der Waals surface area contributed by atoms with Crippen LogP contribution in [0, 0.1) is 11.7 Å². The van der Waals surface area contributed by atoms with Gasteiger partial charge in [-0.1, -0.05) is 12.1 Å². The van der Waals surface area contributed by atoms with Gasteiger partial charge in [0.05, 0.1) is 12.0 Å². The number of ketones is 1. The van der Waals surface area contributed by atoms with Gasteiger partial charge in [-0.15, -0.1) is 0 Å². The van der Waals surface area contributed by atoms with Crippen molar-refractivity contribution in [2.45, 2.75) is 37.5 Å². The summed E-state index contributed by atoms with van der Waals surface area (Å²) in [7, 11) is 2.03. The predicted octanol–water partition coefficient (Wildman–Crippen LogP) is 1.91. The molecule has 0 aliphatic carbocycles. The van der Waals surface area contributed by atoms with Crippen LogP contribution in [0.2, 0.25) is 0 Å². The lowest BCUT2D eigenvalue weighted by Gasteiger charge is -2.38. The van der Waals surface area contributed by atoms with E-state index in [-0.39, 0.29) is 23.6 Å². The van der Waals surface area contributed by atoms with Crippen molar-refractivity contribution in [1.29, 1.82) is 0 Å². The predicted molar refractivity (Wildman–Crippen MR) is 69.0 cm³/mol. The molecule has 1 aromatic carbocycles. The highest BCUT2D eigenvalue weighted by Gasteiger charge is 2.47. The summed E-state index contributed by atoms with van der Waals surface area (Å²) in [4.78, 5) is 14.4. The van der Waals surface area contributed by atoms with Crippen LogP contribution < -0.4 is 0 Å². The van der Waals surface area contributed by atoms with Crippen LogP contribution in [0.25, 0.3) is 0 Å². The van der Waals surface area contributed by atoms with Gasteiger partial charge in [-0.25, -0.2) is 4.39 Å². The normalized spacial score (nSPS) is 32.6. The van der Waals surface area contributed by atoms with Gasteiger partial charge in [0.15, 0.2) is 0 Å². The molecule has 0 radical (unpaired) electrons. The van der Waals surface area contributed by atoms with Crippen molar-refractivity contribution >= 4 is 5.78 Å². The Bertz CT molecular complexity index is 487. The van der Waals surface area contributed by atoms with Crippen molar-refractivity contribution in [1.82, 2.24) is 4.90 Å². The molecular formula is C15H18FNO2. The average molecular weight is 263 g/mol. The summed E-state index contributed by atoms with van der Waals surface area (Å²) in [5.41, 5.74) is 0.624. The summed E-state index contributed by atoms with van der Waals surface area (Å²) in [6.07, 6.45) is 1.67. The number of nitrogens with zero attached hydrogens (tertiary/aromatic N) is 1. The number of aliphatic hydroxyl groups excluding tert-OH is 1. The highest BCUT2D eigenvalue weighted by atomic mass is 19.1. The van der Waals surface area contributed by atoms with E-state index in [0.717, 1.165) is 12.8 Å². The number of rotatable bonds is 2. The SMILES string of the molecule is CN1[C@H]2CC[C@@H]1[C@@H]([C@H](O)c1ccc(F)cc1)C(=O)C2. The van der Waals surface area contributed by atoms with Gasteiger partial charge in [0.25, 0.3) is 0 Å². The average Bonchev–Trinajstić information content (AvgIpc) is 2.64. The van der Waals surface area contributed by atoms with E-state index in [4.69, 9.17) is 0 Å². The van der Waals surface area contributed by atoms with Crippen LogP contribution in [0.15, 0.2) is 24.3 Å². The number of benzene rings is 1. The largest absolute Gasteiger partial charge is 0.388 e.